The zero-order chi connectivity index (χ0) is 11.1. The minimum absolute atomic E-state index is 0.226. The van der Waals surface area contributed by atoms with Gasteiger partial charge in [0.05, 0.1) is 18.0 Å². The number of carbonyl (C=O) groups is 2. The molecule has 2 unspecified atom stereocenters. The smallest absolute Gasteiger partial charge is 0.318 e. The van der Waals surface area contributed by atoms with Crippen molar-refractivity contribution in [3.05, 3.63) is 0 Å². The van der Waals surface area contributed by atoms with Crippen molar-refractivity contribution in [1.29, 1.82) is 0 Å². The van der Waals surface area contributed by atoms with Crippen LogP contribution in [0.25, 0.3) is 0 Å². The molecule has 0 aliphatic rings. The standard InChI is InChI=1S/C7H14N2O4S/c1-4(6(12)9-7(8)13)14-3-5(11)2-10/h4-5,10-11H,2-3H2,1H3,(H3,8,9,12,13). The first-order valence-corrected chi connectivity index (χ1v) is 5.03. The Morgan fingerprint density at radius 2 is 2.14 bits per heavy atom. The minimum atomic E-state index is -0.898. The zero-order valence-electron chi connectivity index (χ0n) is 7.77. The van der Waals surface area contributed by atoms with Gasteiger partial charge in [0.1, 0.15) is 0 Å². The van der Waals surface area contributed by atoms with E-state index in [1.54, 1.807) is 6.92 Å². The van der Waals surface area contributed by atoms with Crippen LogP contribution in [-0.4, -0.2) is 45.9 Å². The zero-order valence-corrected chi connectivity index (χ0v) is 8.58. The van der Waals surface area contributed by atoms with Gasteiger partial charge in [-0.25, -0.2) is 4.79 Å². The lowest BCUT2D eigenvalue weighted by atomic mass is 10.4. The van der Waals surface area contributed by atoms with Gasteiger partial charge < -0.3 is 15.9 Å². The number of nitrogens with two attached hydrogens (primary N) is 1. The summed E-state index contributed by atoms with van der Waals surface area (Å²) in [6, 6.07) is -0.898. The third-order valence-electron chi connectivity index (χ3n) is 1.36. The number of imide groups is 1. The van der Waals surface area contributed by atoms with Crippen molar-refractivity contribution < 1.29 is 19.8 Å². The number of thioether (sulfide) groups is 1. The van der Waals surface area contributed by atoms with E-state index in [1.165, 1.54) is 0 Å². The normalized spacial score (nSPS) is 14.5. The van der Waals surface area contributed by atoms with Crippen molar-refractivity contribution in [2.75, 3.05) is 12.4 Å². The highest BCUT2D eigenvalue weighted by molar-refractivity contribution is 8.00. The predicted molar refractivity (Wildman–Crippen MR) is 52.7 cm³/mol. The number of hydrogen-bond donors (Lipinski definition) is 4. The lowest BCUT2D eigenvalue weighted by Crippen LogP contribution is -2.39. The molecule has 3 amide bonds. The second kappa shape index (κ2) is 6.63. The van der Waals surface area contributed by atoms with Gasteiger partial charge in [-0.05, 0) is 6.92 Å². The third-order valence-corrected chi connectivity index (χ3v) is 2.66. The van der Waals surface area contributed by atoms with E-state index in [1.807, 2.05) is 5.32 Å². The second-order valence-corrected chi connectivity index (χ2v) is 4.04. The number of amides is 3. The number of aliphatic hydroxyl groups excluding tert-OH is 2. The maximum Gasteiger partial charge on any atom is 0.318 e. The summed E-state index contributed by atoms with van der Waals surface area (Å²) < 4.78 is 0. The van der Waals surface area contributed by atoms with Crippen LogP contribution in [0.1, 0.15) is 6.92 Å². The van der Waals surface area contributed by atoms with E-state index in [4.69, 9.17) is 15.9 Å². The largest absolute Gasteiger partial charge is 0.394 e. The molecule has 7 heteroatoms. The molecule has 0 radical (unpaired) electrons. The third kappa shape index (κ3) is 5.79. The molecule has 0 aromatic heterocycles. The van der Waals surface area contributed by atoms with Gasteiger partial charge in [-0.2, -0.15) is 0 Å². The van der Waals surface area contributed by atoms with Crippen LogP contribution in [0.2, 0.25) is 0 Å². The van der Waals surface area contributed by atoms with Crippen LogP contribution in [-0.2, 0) is 4.79 Å². The molecule has 2 atom stereocenters. The van der Waals surface area contributed by atoms with Crippen molar-refractivity contribution in [3.63, 3.8) is 0 Å². The summed E-state index contributed by atoms with van der Waals surface area (Å²) in [5.74, 6) is -0.281. The fraction of sp³-hybridized carbons (Fsp3) is 0.714. The molecule has 0 aromatic rings. The Bertz CT molecular complexity index is 212. The number of primary amides is 1. The molecule has 0 rings (SSSR count). The molecule has 82 valence electrons. The van der Waals surface area contributed by atoms with Crippen molar-refractivity contribution in [2.45, 2.75) is 18.3 Å². The van der Waals surface area contributed by atoms with E-state index in [-0.39, 0.29) is 12.4 Å². The number of aliphatic hydroxyl groups is 2. The first kappa shape index (κ1) is 13.2. The van der Waals surface area contributed by atoms with E-state index >= 15 is 0 Å². The number of hydrogen-bond acceptors (Lipinski definition) is 5. The molecule has 0 aliphatic carbocycles. The van der Waals surface area contributed by atoms with E-state index in [0.717, 1.165) is 11.8 Å². The summed E-state index contributed by atoms with van der Waals surface area (Å²) in [7, 11) is 0. The van der Waals surface area contributed by atoms with Crippen LogP contribution < -0.4 is 11.1 Å². The Morgan fingerprint density at radius 3 is 2.57 bits per heavy atom. The van der Waals surface area contributed by atoms with Crippen LogP contribution in [0.15, 0.2) is 0 Å². The maximum absolute atomic E-state index is 11.1. The molecule has 0 aromatic carbocycles. The van der Waals surface area contributed by atoms with Crippen LogP contribution in [0.5, 0.6) is 0 Å². The van der Waals surface area contributed by atoms with Crippen LogP contribution in [0, 0.1) is 0 Å². The van der Waals surface area contributed by atoms with Gasteiger partial charge in [-0.15, -0.1) is 11.8 Å². The number of urea groups is 1. The summed E-state index contributed by atoms with van der Waals surface area (Å²) in [6.45, 7) is 1.23. The second-order valence-electron chi connectivity index (χ2n) is 2.67. The van der Waals surface area contributed by atoms with Crippen molar-refractivity contribution in [3.8, 4) is 0 Å². The van der Waals surface area contributed by atoms with Gasteiger partial charge in [-0.3, -0.25) is 10.1 Å². The number of rotatable bonds is 5. The van der Waals surface area contributed by atoms with Gasteiger partial charge in [0, 0.05) is 5.75 Å². The molecule has 0 heterocycles. The number of nitrogens with one attached hydrogen (secondary N) is 1. The molecule has 6 nitrogen and oxygen atoms in total. The van der Waals surface area contributed by atoms with Gasteiger partial charge in [0.25, 0.3) is 0 Å². The van der Waals surface area contributed by atoms with Gasteiger partial charge in [-0.1, -0.05) is 0 Å². The van der Waals surface area contributed by atoms with E-state index < -0.39 is 23.3 Å². The fourth-order valence-electron chi connectivity index (χ4n) is 0.607. The van der Waals surface area contributed by atoms with Gasteiger partial charge >= 0.3 is 6.03 Å². The van der Waals surface area contributed by atoms with Gasteiger partial charge in [0.15, 0.2) is 0 Å². The molecule has 0 bridgehead atoms. The van der Waals surface area contributed by atoms with Crippen molar-refractivity contribution in [1.82, 2.24) is 5.32 Å². The molecular weight excluding hydrogens is 208 g/mol. The molecule has 5 N–H and O–H groups in total. The fourth-order valence-corrected chi connectivity index (χ4v) is 1.43. The van der Waals surface area contributed by atoms with E-state index in [2.05, 4.69) is 0 Å². The summed E-state index contributed by atoms with van der Waals surface area (Å²) in [5, 5.41) is 18.9. The molecule has 0 fully saturated rings. The molecule has 0 spiro atoms. The number of carbonyl (C=O) groups excluding carboxylic acids is 2. The van der Waals surface area contributed by atoms with Crippen LogP contribution in [0.4, 0.5) is 4.79 Å². The Hall–Kier alpha value is -0.790. The Morgan fingerprint density at radius 1 is 1.57 bits per heavy atom. The molecular formula is C7H14N2O4S. The highest BCUT2D eigenvalue weighted by atomic mass is 32.2. The first-order chi connectivity index (χ1) is 6.47. The lowest BCUT2D eigenvalue weighted by molar-refractivity contribution is -0.119. The summed E-state index contributed by atoms with van der Waals surface area (Å²) in [6.07, 6.45) is -0.858. The molecule has 0 saturated heterocycles. The monoisotopic (exact) mass is 222 g/mol. The first-order valence-electron chi connectivity index (χ1n) is 3.98. The molecule has 0 aliphatic heterocycles. The summed E-state index contributed by atoms with van der Waals surface area (Å²) >= 11 is 1.13. The Kier molecular flexibility index (Phi) is 6.26. The average molecular weight is 222 g/mol. The maximum atomic E-state index is 11.1. The quantitative estimate of drug-likeness (QED) is 0.459. The SMILES string of the molecule is CC(SCC(O)CO)C(=O)NC(N)=O. The molecule has 0 saturated carbocycles. The predicted octanol–water partition coefficient (Wildman–Crippen LogP) is -1.34. The highest BCUT2D eigenvalue weighted by Crippen LogP contribution is 2.11. The topological polar surface area (TPSA) is 113 Å². The van der Waals surface area contributed by atoms with E-state index in [9.17, 15) is 9.59 Å². The van der Waals surface area contributed by atoms with Crippen molar-refractivity contribution in [2.24, 2.45) is 5.73 Å². The Labute approximate surface area is 85.9 Å². The minimum Gasteiger partial charge on any atom is -0.394 e. The van der Waals surface area contributed by atoms with Crippen molar-refractivity contribution >= 4 is 23.7 Å². The summed E-state index contributed by atoms with van der Waals surface area (Å²) in [5.41, 5.74) is 4.74. The van der Waals surface area contributed by atoms with Gasteiger partial charge in [0.2, 0.25) is 5.91 Å². The highest BCUT2D eigenvalue weighted by Gasteiger charge is 2.16. The van der Waals surface area contributed by atoms with Crippen LogP contribution in [0.3, 0.4) is 0 Å². The summed E-state index contributed by atoms with van der Waals surface area (Å²) in [4.78, 5) is 21.4. The van der Waals surface area contributed by atoms with E-state index in [0.29, 0.717) is 0 Å². The Balaban J connectivity index is 3.78. The average Bonchev–Trinajstić information content (AvgIpc) is 2.12. The van der Waals surface area contributed by atoms with Crippen LogP contribution >= 0.6 is 11.8 Å². The lowest BCUT2D eigenvalue weighted by Gasteiger charge is -2.11. The molecule has 14 heavy (non-hydrogen) atoms.